The highest BCUT2D eigenvalue weighted by atomic mass is 15.3. The Morgan fingerprint density at radius 3 is 2.80 bits per heavy atom. The van der Waals surface area contributed by atoms with E-state index < -0.39 is 0 Å². The third-order valence-corrected chi connectivity index (χ3v) is 3.21. The van der Waals surface area contributed by atoms with E-state index in [1.807, 2.05) is 17.9 Å². The molecular formula is C11H20N4. The molecule has 0 spiro atoms. The van der Waals surface area contributed by atoms with Gasteiger partial charge >= 0.3 is 0 Å². The monoisotopic (exact) mass is 208 g/mol. The van der Waals surface area contributed by atoms with E-state index in [4.69, 9.17) is 5.73 Å². The van der Waals surface area contributed by atoms with Gasteiger partial charge in [-0.25, -0.2) is 0 Å². The van der Waals surface area contributed by atoms with Gasteiger partial charge in [0.15, 0.2) is 0 Å². The van der Waals surface area contributed by atoms with Crippen LogP contribution in [-0.2, 0) is 7.05 Å². The van der Waals surface area contributed by atoms with Gasteiger partial charge in [-0.15, -0.1) is 0 Å². The summed E-state index contributed by atoms with van der Waals surface area (Å²) in [4.78, 5) is 2.46. The molecule has 4 heteroatoms. The van der Waals surface area contributed by atoms with Crippen molar-refractivity contribution in [2.24, 2.45) is 12.8 Å². The molecule has 2 atom stereocenters. The summed E-state index contributed by atoms with van der Waals surface area (Å²) < 4.78 is 1.85. The molecule has 0 aromatic carbocycles. The molecular weight excluding hydrogens is 188 g/mol. The van der Waals surface area contributed by atoms with Gasteiger partial charge in [0, 0.05) is 37.4 Å². The quantitative estimate of drug-likeness (QED) is 0.785. The average molecular weight is 208 g/mol. The van der Waals surface area contributed by atoms with Crippen molar-refractivity contribution in [3.05, 3.63) is 18.0 Å². The first kappa shape index (κ1) is 10.6. The first-order chi connectivity index (χ1) is 7.09. The third-order valence-electron chi connectivity index (χ3n) is 3.21. The predicted molar refractivity (Wildman–Crippen MR) is 60.4 cm³/mol. The van der Waals surface area contributed by atoms with Crippen molar-refractivity contribution in [3.63, 3.8) is 0 Å². The summed E-state index contributed by atoms with van der Waals surface area (Å²) in [5, 5.41) is 4.22. The molecule has 1 aliphatic heterocycles. The van der Waals surface area contributed by atoms with Crippen LogP contribution in [0.3, 0.4) is 0 Å². The fraction of sp³-hybridized carbons (Fsp3) is 0.727. The second-order valence-corrected chi connectivity index (χ2v) is 4.68. The molecule has 84 valence electrons. The maximum atomic E-state index is 6.17. The van der Waals surface area contributed by atoms with Crippen LogP contribution in [0.15, 0.2) is 12.4 Å². The van der Waals surface area contributed by atoms with Crippen LogP contribution in [0.5, 0.6) is 0 Å². The molecule has 0 radical (unpaired) electrons. The number of aryl methyl sites for hydroxylation is 1. The van der Waals surface area contributed by atoms with Crippen molar-refractivity contribution >= 4 is 0 Å². The van der Waals surface area contributed by atoms with Crippen LogP contribution in [0.25, 0.3) is 0 Å². The van der Waals surface area contributed by atoms with E-state index in [1.165, 1.54) is 5.56 Å². The molecule has 0 saturated carbocycles. The molecule has 1 aromatic rings. The van der Waals surface area contributed by atoms with Gasteiger partial charge in [-0.05, 0) is 20.3 Å². The van der Waals surface area contributed by atoms with Crippen molar-refractivity contribution in [1.29, 1.82) is 0 Å². The molecule has 1 fully saturated rings. The molecule has 1 aliphatic rings. The van der Waals surface area contributed by atoms with Gasteiger partial charge in [0.1, 0.15) is 0 Å². The zero-order chi connectivity index (χ0) is 11.0. The number of aromatic nitrogens is 2. The van der Waals surface area contributed by atoms with E-state index in [2.05, 4.69) is 30.0 Å². The summed E-state index contributed by atoms with van der Waals surface area (Å²) in [7, 11) is 1.95. The first-order valence-electron chi connectivity index (χ1n) is 5.59. The lowest BCUT2D eigenvalue weighted by Gasteiger charge is -2.29. The normalized spacial score (nSPS) is 27.8. The molecule has 2 unspecified atom stereocenters. The Balaban J connectivity index is 2.24. The molecule has 15 heavy (non-hydrogen) atoms. The third kappa shape index (κ3) is 1.92. The number of nitrogens with zero attached hydrogens (tertiary/aromatic N) is 3. The standard InChI is InChI=1S/C11H20N4/c1-8(2)15-5-4-10(12)11(15)9-6-13-14(3)7-9/h6-8,10-11H,4-5,12H2,1-3H3. The molecule has 0 amide bonds. The molecule has 0 aliphatic carbocycles. The number of likely N-dealkylation sites (tertiary alicyclic amines) is 1. The lowest BCUT2D eigenvalue weighted by molar-refractivity contribution is 0.198. The van der Waals surface area contributed by atoms with E-state index in [-0.39, 0.29) is 6.04 Å². The lowest BCUT2D eigenvalue weighted by atomic mass is 10.0. The van der Waals surface area contributed by atoms with Crippen molar-refractivity contribution in [2.75, 3.05) is 6.54 Å². The molecule has 4 nitrogen and oxygen atoms in total. The van der Waals surface area contributed by atoms with Crippen molar-refractivity contribution < 1.29 is 0 Å². The van der Waals surface area contributed by atoms with E-state index >= 15 is 0 Å². The number of nitrogens with two attached hydrogens (primary N) is 1. The Kier molecular flexibility index (Phi) is 2.80. The van der Waals surface area contributed by atoms with E-state index in [9.17, 15) is 0 Å². The largest absolute Gasteiger partial charge is 0.326 e. The summed E-state index contributed by atoms with van der Waals surface area (Å²) in [6.07, 6.45) is 5.09. The van der Waals surface area contributed by atoms with Crippen LogP contribution in [0.1, 0.15) is 31.9 Å². The van der Waals surface area contributed by atoms with Crippen LogP contribution >= 0.6 is 0 Å². The summed E-state index contributed by atoms with van der Waals surface area (Å²) in [6, 6.07) is 1.14. The molecule has 2 N–H and O–H groups in total. The summed E-state index contributed by atoms with van der Waals surface area (Å²) in [5.74, 6) is 0. The smallest absolute Gasteiger partial charge is 0.0538 e. The Labute approximate surface area is 91.1 Å². The minimum atomic E-state index is 0.247. The molecule has 1 saturated heterocycles. The van der Waals surface area contributed by atoms with Crippen LogP contribution in [0, 0.1) is 0 Å². The second-order valence-electron chi connectivity index (χ2n) is 4.68. The summed E-state index contributed by atoms with van der Waals surface area (Å²) in [6.45, 7) is 5.54. The number of hydrogen-bond donors (Lipinski definition) is 1. The zero-order valence-electron chi connectivity index (χ0n) is 9.72. The van der Waals surface area contributed by atoms with Crippen LogP contribution in [0.2, 0.25) is 0 Å². The average Bonchev–Trinajstić information content (AvgIpc) is 2.71. The van der Waals surface area contributed by atoms with Gasteiger partial charge < -0.3 is 5.73 Å². The topological polar surface area (TPSA) is 47.1 Å². The SMILES string of the molecule is CC(C)N1CCC(N)C1c1cnn(C)c1. The van der Waals surface area contributed by atoms with Crippen LogP contribution in [-0.4, -0.2) is 33.3 Å². The molecule has 0 bridgehead atoms. The highest BCUT2D eigenvalue weighted by Gasteiger charge is 2.34. The van der Waals surface area contributed by atoms with Crippen molar-refractivity contribution in [2.45, 2.75) is 38.4 Å². The zero-order valence-corrected chi connectivity index (χ0v) is 9.72. The Morgan fingerprint density at radius 2 is 2.27 bits per heavy atom. The highest BCUT2D eigenvalue weighted by molar-refractivity contribution is 5.16. The highest BCUT2D eigenvalue weighted by Crippen LogP contribution is 2.32. The summed E-state index contributed by atoms with van der Waals surface area (Å²) in [5.41, 5.74) is 7.42. The molecule has 1 aromatic heterocycles. The van der Waals surface area contributed by atoms with E-state index in [1.54, 1.807) is 0 Å². The Hall–Kier alpha value is -0.870. The number of hydrogen-bond acceptors (Lipinski definition) is 3. The maximum Gasteiger partial charge on any atom is 0.0538 e. The van der Waals surface area contributed by atoms with E-state index in [0.29, 0.717) is 12.1 Å². The maximum absolute atomic E-state index is 6.17. The van der Waals surface area contributed by atoms with Gasteiger partial charge in [0.2, 0.25) is 0 Å². The van der Waals surface area contributed by atoms with Gasteiger partial charge in [0.25, 0.3) is 0 Å². The van der Waals surface area contributed by atoms with E-state index in [0.717, 1.165) is 13.0 Å². The van der Waals surface area contributed by atoms with Gasteiger partial charge in [-0.2, -0.15) is 5.10 Å². The minimum absolute atomic E-state index is 0.247. The molecule has 2 heterocycles. The minimum Gasteiger partial charge on any atom is -0.326 e. The van der Waals surface area contributed by atoms with Gasteiger partial charge in [-0.1, -0.05) is 0 Å². The number of rotatable bonds is 2. The fourth-order valence-corrected chi connectivity index (χ4v) is 2.45. The van der Waals surface area contributed by atoms with Gasteiger partial charge in [-0.3, -0.25) is 9.58 Å². The fourth-order valence-electron chi connectivity index (χ4n) is 2.45. The van der Waals surface area contributed by atoms with Crippen LogP contribution in [0.4, 0.5) is 0 Å². The Bertz CT molecular complexity index is 331. The van der Waals surface area contributed by atoms with Gasteiger partial charge in [0.05, 0.1) is 12.2 Å². The first-order valence-corrected chi connectivity index (χ1v) is 5.59. The summed E-state index contributed by atoms with van der Waals surface area (Å²) >= 11 is 0. The van der Waals surface area contributed by atoms with Crippen LogP contribution < -0.4 is 5.73 Å². The Morgan fingerprint density at radius 1 is 1.53 bits per heavy atom. The second kappa shape index (κ2) is 3.94. The predicted octanol–water partition coefficient (Wildman–Crippen LogP) is 0.903. The van der Waals surface area contributed by atoms with Crippen molar-refractivity contribution in [3.8, 4) is 0 Å². The lowest BCUT2D eigenvalue weighted by Crippen LogP contribution is -2.35. The van der Waals surface area contributed by atoms with Crippen molar-refractivity contribution in [1.82, 2.24) is 14.7 Å². The molecule has 2 rings (SSSR count).